The summed E-state index contributed by atoms with van der Waals surface area (Å²) in [5, 5.41) is 5.07. The van der Waals surface area contributed by atoms with E-state index in [0.717, 1.165) is 37.3 Å². The van der Waals surface area contributed by atoms with Crippen LogP contribution in [0.15, 0.2) is 54.5 Å². The zero-order valence-electron chi connectivity index (χ0n) is 14.4. The van der Waals surface area contributed by atoms with Crippen LogP contribution in [0.25, 0.3) is 16.6 Å². The summed E-state index contributed by atoms with van der Waals surface area (Å²) in [6.45, 7) is 0.788. The fourth-order valence-corrected chi connectivity index (χ4v) is 4.52. The van der Waals surface area contributed by atoms with Gasteiger partial charge in [-0.15, -0.1) is 0 Å². The highest BCUT2D eigenvalue weighted by Crippen LogP contribution is 2.41. The third-order valence-corrected chi connectivity index (χ3v) is 5.76. The van der Waals surface area contributed by atoms with Crippen LogP contribution in [-0.2, 0) is 6.42 Å². The number of ether oxygens (including phenoxy) is 1. The van der Waals surface area contributed by atoms with Gasteiger partial charge in [-0.2, -0.15) is 0 Å². The van der Waals surface area contributed by atoms with Crippen molar-refractivity contribution >= 4 is 16.6 Å². The number of fused-ring (bicyclic) bond motifs is 2. The van der Waals surface area contributed by atoms with E-state index in [0.29, 0.717) is 0 Å². The predicted molar refractivity (Wildman–Crippen MR) is 102 cm³/mol. The average molecular weight is 341 g/mol. The molecule has 128 valence electrons. The lowest BCUT2D eigenvalue weighted by Gasteiger charge is -2.22. The molecule has 0 spiro atoms. The number of H-pyrrole nitrogens is 1. The van der Waals surface area contributed by atoms with E-state index in [2.05, 4.69) is 57.9 Å². The van der Waals surface area contributed by atoms with Gasteiger partial charge >= 0.3 is 0 Å². The number of aromatic nitrogens is 2. The first kappa shape index (κ1) is 14.2. The molecule has 2 N–H and O–H groups in total. The van der Waals surface area contributed by atoms with E-state index >= 15 is 0 Å². The van der Waals surface area contributed by atoms with Crippen molar-refractivity contribution in [3.05, 3.63) is 76.8 Å². The Bertz CT molecular complexity index is 1110. The van der Waals surface area contributed by atoms with Crippen LogP contribution in [-0.4, -0.2) is 16.6 Å². The van der Waals surface area contributed by atoms with Gasteiger partial charge in [-0.05, 0) is 59.4 Å². The van der Waals surface area contributed by atoms with E-state index in [1.807, 2.05) is 6.20 Å². The number of rotatable bonds is 1. The van der Waals surface area contributed by atoms with Gasteiger partial charge in [0.15, 0.2) is 0 Å². The molecule has 6 rings (SSSR count). The lowest BCUT2D eigenvalue weighted by Crippen LogP contribution is -2.21. The largest absolute Gasteiger partial charge is 0.493 e. The van der Waals surface area contributed by atoms with E-state index in [4.69, 9.17) is 4.74 Å². The van der Waals surface area contributed by atoms with Crippen molar-refractivity contribution in [1.29, 1.82) is 0 Å². The maximum Gasteiger partial charge on any atom is 0.138 e. The van der Waals surface area contributed by atoms with Gasteiger partial charge in [0.25, 0.3) is 0 Å². The number of hydrogen-bond donors (Lipinski definition) is 2. The molecule has 2 aromatic heterocycles. The first-order chi connectivity index (χ1) is 12.9. The molecule has 1 aliphatic carbocycles. The van der Waals surface area contributed by atoms with Crippen LogP contribution in [0.5, 0.6) is 5.75 Å². The molecular formula is C22H19N3O. The van der Waals surface area contributed by atoms with E-state index in [1.165, 1.54) is 38.9 Å². The first-order valence-electron chi connectivity index (χ1n) is 9.27. The molecular weight excluding hydrogens is 322 g/mol. The number of aromatic amines is 1. The van der Waals surface area contributed by atoms with E-state index < -0.39 is 0 Å². The monoisotopic (exact) mass is 341 g/mol. The van der Waals surface area contributed by atoms with Gasteiger partial charge in [0.05, 0.1) is 12.6 Å². The van der Waals surface area contributed by atoms with Gasteiger partial charge < -0.3 is 15.0 Å². The molecule has 3 aromatic rings. The molecule has 4 nitrogen and oxygen atoms in total. The summed E-state index contributed by atoms with van der Waals surface area (Å²) in [6, 6.07) is 8.87. The third-order valence-electron chi connectivity index (χ3n) is 5.76. The SMILES string of the molecule is C1=CC2=C(CC1)c1ccnc3[nH]cc(c13)C(c1ccc3c(c1)CCO3)N2. The lowest BCUT2D eigenvalue weighted by molar-refractivity contribution is 0.357. The minimum absolute atomic E-state index is 0.104. The molecule has 4 heteroatoms. The predicted octanol–water partition coefficient (Wildman–Crippen LogP) is 4.25. The minimum Gasteiger partial charge on any atom is -0.493 e. The van der Waals surface area contributed by atoms with Gasteiger partial charge in [-0.3, -0.25) is 0 Å². The topological polar surface area (TPSA) is 49.9 Å². The Morgan fingerprint density at radius 3 is 3.15 bits per heavy atom. The fraction of sp³-hybridized carbons (Fsp3) is 0.227. The molecule has 0 amide bonds. The Balaban J connectivity index is 1.61. The molecule has 0 saturated carbocycles. The second-order valence-corrected chi connectivity index (χ2v) is 7.20. The van der Waals surface area contributed by atoms with Crippen LogP contribution >= 0.6 is 0 Å². The lowest BCUT2D eigenvalue weighted by atomic mass is 9.93. The van der Waals surface area contributed by atoms with E-state index in [9.17, 15) is 0 Å². The first-order valence-corrected chi connectivity index (χ1v) is 9.27. The Hall–Kier alpha value is -3.01. The number of nitrogens with one attached hydrogen (secondary N) is 2. The van der Waals surface area contributed by atoms with Crippen LogP contribution in [0.4, 0.5) is 0 Å². The average Bonchev–Trinajstić information content (AvgIpc) is 3.29. The van der Waals surface area contributed by atoms with Crippen molar-refractivity contribution in [2.75, 3.05) is 6.61 Å². The number of nitrogens with zero attached hydrogens (tertiary/aromatic N) is 1. The van der Waals surface area contributed by atoms with Crippen LogP contribution in [0.1, 0.15) is 41.1 Å². The van der Waals surface area contributed by atoms with Crippen molar-refractivity contribution in [2.45, 2.75) is 25.3 Å². The summed E-state index contributed by atoms with van der Waals surface area (Å²) in [7, 11) is 0. The maximum absolute atomic E-state index is 5.69. The summed E-state index contributed by atoms with van der Waals surface area (Å²) >= 11 is 0. The molecule has 1 aromatic carbocycles. The molecule has 1 unspecified atom stereocenters. The fourth-order valence-electron chi connectivity index (χ4n) is 4.52. The standard InChI is InChI=1S/C22H19N3O/c1-2-4-18-15(3-1)16-7-9-23-22-20(16)17(12-24-22)21(25-18)14-5-6-19-13(11-14)8-10-26-19/h2,4-7,9,11-12,21,25H,1,3,8,10H2,(H,23,24). The van der Waals surface area contributed by atoms with Crippen molar-refractivity contribution in [3.63, 3.8) is 0 Å². The zero-order chi connectivity index (χ0) is 17.1. The quantitative estimate of drug-likeness (QED) is 0.696. The highest BCUT2D eigenvalue weighted by Gasteiger charge is 2.28. The van der Waals surface area contributed by atoms with E-state index in [-0.39, 0.29) is 6.04 Å². The Morgan fingerprint density at radius 1 is 1.15 bits per heavy atom. The maximum atomic E-state index is 5.69. The van der Waals surface area contributed by atoms with Crippen molar-refractivity contribution < 1.29 is 4.74 Å². The van der Waals surface area contributed by atoms with Gasteiger partial charge in [0, 0.05) is 35.5 Å². The van der Waals surface area contributed by atoms with Gasteiger partial charge in [-0.25, -0.2) is 4.98 Å². The second kappa shape index (κ2) is 5.24. The summed E-state index contributed by atoms with van der Waals surface area (Å²) in [6.07, 6.45) is 11.7. The minimum atomic E-state index is 0.104. The van der Waals surface area contributed by atoms with Crippen LogP contribution < -0.4 is 10.1 Å². The summed E-state index contributed by atoms with van der Waals surface area (Å²) in [5.41, 5.74) is 8.76. The second-order valence-electron chi connectivity index (χ2n) is 7.20. The molecule has 0 fully saturated rings. The summed E-state index contributed by atoms with van der Waals surface area (Å²) in [5.74, 6) is 1.03. The van der Waals surface area contributed by atoms with Crippen LogP contribution in [0.3, 0.4) is 0 Å². The summed E-state index contributed by atoms with van der Waals surface area (Å²) in [4.78, 5) is 7.94. The Morgan fingerprint density at radius 2 is 2.15 bits per heavy atom. The van der Waals surface area contributed by atoms with Gasteiger partial charge in [-0.1, -0.05) is 12.1 Å². The van der Waals surface area contributed by atoms with E-state index in [1.54, 1.807) is 0 Å². The summed E-state index contributed by atoms with van der Waals surface area (Å²) < 4.78 is 5.69. The zero-order valence-corrected chi connectivity index (χ0v) is 14.4. The Labute approximate surface area is 151 Å². The number of hydrogen-bond acceptors (Lipinski definition) is 3. The highest BCUT2D eigenvalue weighted by molar-refractivity contribution is 5.95. The number of pyridine rings is 1. The smallest absolute Gasteiger partial charge is 0.138 e. The van der Waals surface area contributed by atoms with Gasteiger partial charge in [0.1, 0.15) is 11.4 Å². The van der Waals surface area contributed by atoms with Gasteiger partial charge in [0.2, 0.25) is 0 Å². The van der Waals surface area contributed by atoms with Crippen LogP contribution in [0, 0.1) is 0 Å². The molecule has 0 radical (unpaired) electrons. The highest BCUT2D eigenvalue weighted by atomic mass is 16.5. The Kier molecular flexibility index (Phi) is 2.86. The molecule has 1 atom stereocenters. The van der Waals surface area contributed by atoms with Crippen LogP contribution in [0.2, 0.25) is 0 Å². The van der Waals surface area contributed by atoms with Crippen molar-refractivity contribution in [3.8, 4) is 5.75 Å². The number of allylic oxidation sites excluding steroid dienone is 3. The van der Waals surface area contributed by atoms with Crippen molar-refractivity contribution in [2.24, 2.45) is 0 Å². The molecule has 3 aliphatic rings. The molecule has 2 aliphatic heterocycles. The van der Waals surface area contributed by atoms with Crippen molar-refractivity contribution in [1.82, 2.24) is 15.3 Å². The molecule has 26 heavy (non-hydrogen) atoms. The molecule has 0 saturated heterocycles. The normalized spacial score (nSPS) is 20.4. The third kappa shape index (κ3) is 1.93. The number of benzene rings is 1. The molecule has 4 heterocycles. The molecule has 0 bridgehead atoms.